The summed E-state index contributed by atoms with van der Waals surface area (Å²) in [7, 11) is 0. The first-order valence-electron chi connectivity index (χ1n) is 5.81. The minimum atomic E-state index is -0.322. The topological polar surface area (TPSA) is 43.1 Å². The first-order chi connectivity index (χ1) is 8.49. The van der Waals surface area contributed by atoms with Crippen LogP contribution in [0.4, 0.5) is 5.69 Å². The first kappa shape index (κ1) is 12.3. The van der Waals surface area contributed by atoms with Crippen LogP contribution in [0, 0.1) is 30.9 Å². The van der Waals surface area contributed by atoms with Crippen molar-refractivity contribution >= 4 is 5.69 Å². The summed E-state index contributed by atoms with van der Waals surface area (Å²) in [6, 6.07) is 11.3. The molecule has 3 heteroatoms. The number of rotatable bonds is 2. The lowest BCUT2D eigenvalue weighted by Gasteiger charge is -2.07. The van der Waals surface area contributed by atoms with Gasteiger partial charge in [-0.3, -0.25) is 10.1 Å². The van der Waals surface area contributed by atoms with Gasteiger partial charge >= 0.3 is 0 Å². The predicted octanol–water partition coefficient (Wildman–Crippen LogP) is 4.19. The molecule has 0 unspecified atom stereocenters. The highest BCUT2D eigenvalue weighted by Gasteiger charge is 2.15. The molecular formula is C15H15NO2. The third-order valence-electron chi connectivity index (χ3n) is 3.17. The van der Waals surface area contributed by atoms with E-state index in [1.165, 1.54) is 5.56 Å². The van der Waals surface area contributed by atoms with Gasteiger partial charge in [-0.2, -0.15) is 0 Å². The number of nitro benzene ring substituents is 1. The van der Waals surface area contributed by atoms with Crippen LogP contribution in [-0.4, -0.2) is 4.92 Å². The van der Waals surface area contributed by atoms with Crippen molar-refractivity contribution in [2.75, 3.05) is 0 Å². The lowest BCUT2D eigenvalue weighted by atomic mass is 9.98. The number of hydrogen-bond acceptors (Lipinski definition) is 2. The highest BCUT2D eigenvalue weighted by molar-refractivity contribution is 5.74. The predicted molar refractivity (Wildman–Crippen MR) is 72.7 cm³/mol. The molecule has 0 N–H and O–H groups in total. The molecule has 2 aromatic carbocycles. The van der Waals surface area contributed by atoms with Crippen LogP contribution in [0.15, 0.2) is 36.4 Å². The summed E-state index contributed by atoms with van der Waals surface area (Å²) in [6.07, 6.45) is 0. The Morgan fingerprint density at radius 2 is 1.67 bits per heavy atom. The van der Waals surface area contributed by atoms with Crippen LogP contribution in [0.25, 0.3) is 11.1 Å². The van der Waals surface area contributed by atoms with Gasteiger partial charge in [-0.05, 0) is 49.1 Å². The van der Waals surface area contributed by atoms with Crippen LogP contribution in [0.2, 0.25) is 0 Å². The second kappa shape index (κ2) is 4.61. The number of nitro groups is 1. The van der Waals surface area contributed by atoms with Crippen molar-refractivity contribution in [1.82, 2.24) is 0 Å². The second-order valence-corrected chi connectivity index (χ2v) is 4.58. The highest BCUT2D eigenvalue weighted by Crippen LogP contribution is 2.31. The van der Waals surface area contributed by atoms with Gasteiger partial charge in [0.15, 0.2) is 0 Å². The average molecular weight is 241 g/mol. The zero-order valence-electron chi connectivity index (χ0n) is 10.7. The van der Waals surface area contributed by atoms with E-state index in [1.54, 1.807) is 6.07 Å². The molecule has 2 rings (SSSR count). The summed E-state index contributed by atoms with van der Waals surface area (Å²) in [5, 5.41) is 11.1. The Balaban J connectivity index is 2.63. The maximum Gasteiger partial charge on any atom is 0.277 e. The molecule has 0 spiro atoms. The second-order valence-electron chi connectivity index (χ2n) is 4.58. The SMILES string of the molecule is Cc1ccc(-c2ccc(C)c(C)c2)c([N+](=O)[O-])c1. The fraction of sp³-hybridized carbons (Fsp3) is 0.200. The van der Waals surface area contributed by atoms with Gasteiger partial charge in [-0.15, -0.1) is 0 Å². The maximum absolute atomic E-state index is 11.1. The van der Waals surface area contributed by atoms with Crippen molar-refractivity contribution < 1.29 is 4.92 Å². The van der Waals surface area contributed by atoms with Crippen LogP contribution in [0.3, 0.4) is 0 Å². The molecule has 2 aromatic rings. The third-order valence-corrected chi connectivity index (χ3v) is 3.17. The largest absolute Gasteiger partial charge is 0.277 e. The zero-order valence-corrected chi connectivity index (χ0v) is 10.7. The zero-order chi connectivity index (χ0) is 13.3. The van der Waals surface area contributed by atoms with E-state index >= 15 is 0 Å². The number of benzene rings is 2. The fourth-order valence-electron chi connectivity index (χ4n) is 1.95. The Morgan fingerprint density at radius 1 is 0.944 bits per heavy atom. The van der Waals surface area contributed by atoms with Crippen molar-refractivity contribution in [3.63, 3.8) is 0 Å². The van der Waals surface area contributed by atoms with E-state index in [0.717, 1.165) is 16.7 Å². The molecule has 0 aromatic heterocycles. The standard InChI is InChI=1S/C15H15NO2/c1-10-4-7-14(15(8-10)16(17)18)13-6-5-11(2)12(3)9-13/h4-9H,1-3H3. The minimum absolute atomic E-state index is 0.165. The van der Waals surface area contributed by atoms with Gasteiger partial charge in [0.25, 0.3) is 5.69 Å². The molecule has 92 valence electrons. The van der Waals surface area contributed by atoms with Gasteiger partial charge in [0.1, 0.15) is 0 Å². The van der Waals surface area contributed by atoms with E-state index in [-0.39, 0.29) is 10.6 Å². The van der Waals surface area contributed by atoms with Gasteiger partial charge in [0.2, 0.25) is 0 Å². The van der Waals surface area contributed by atoms with Crippen molar-refractivity contribution in [1.29, 1.82) is 0 Å². The Bertz CT molecular complexity index is 618. The van der Waals surface area contributed by atoms with E-state index in [0.29, 0.717) is 5.56 Å². The molecule has 0 aliphatic rings. The summed E-state index contributed by atoms with van der Waals surface area (Å²) >= 11 is 0. The van der Waals surface area contributed by atoms with E-state index in [1.807, 2.05) is 51.1 Å². The quantitative estimate of drug-likeness (QED) is 0.584. The van der Waals surface area contributed by atoms with Gasteiger partial charge in [-0.25, -0.2) is 0 Å². The molecule has 0 saturated heterocycles. The summed E-state index contributed by atoms with van der Waals surface area (Å²) in [5.41, 5.74) is 4.96. The molecule has 0 atom stereocenters. The summed E-state index contributed by atoms with van der Waals surface area (Å²) in [6.45, 7) is 5.90. The molecule has 0 fully saturated rings. The van der Waals surface area contributed by atoms with Crippen LogP contribution in [0.1, 0.15) is 16.7 Å². The minimum Gasteiger partial charge on any atom is -0.258 e. The molecule has 0 aliphatic carbocycles. The van der Waals surface area contributed by atoms with E-state index in [9.17, 15) is 10.1 Å². The van der Waals surface area contributed by atoms with Gasteiger partial charge in [0.05, 0.1) is 10.5 Å². The number of nitrogens with zero attached hydrogens (tertiary/aromatic N) is 1. The van der Waals surface area contributed by atoms with Gasteiger partial charge < -0.3 is 0 Å². The highest BCUT2D eigenvalue weighted by atomic mass is 16.6. The summed E-state index contributed by atoms with van der Waals surface area (Å²) in [5.74, 6) is 0. The molecule has 0 aliphatic heterocycles. The van der Waals surface area contributed by atoms with Gasteiger partial charge in [0, 0.05) is 6.07 Å². The van der Waals surface area contributed by atoms with E-state index in [4.69, 9.17) is 0 Å². The van der Waals surface area contributed by atoms with Gasteiger partial charge in [-0.1, -0.05) is 24.3 Å². The summed E-state index contributed by atoms with van der Waals surface area (Å²) in [4.78, 5) is 10.8. The van der Waals surface area contributed by atoms with E-state index < -0.39 is 0 Å². The average Bonchev–Trinajstić information content (AvgIpc) is 2.32. The Hall–Kier alpha value is -2.16. The Kier molecular flexibility index (Phi) is 3.15. The molecule has 0 amide bonds. The molecule has 0 radical (unpaired) electrons. The van der Waals surface area contributed by atoms with E-state index in [2.05, 4.69) is 0 Å². The normalized spacial score (nSPS) is 10.4. The molecule has 0 saturated carbocycles. The molecule has 0 heterocycles. The smallest absolute Gasteiger partial charge is 0.258 e. The van der Waals surface area contributed by atoms with Crippen molar-refractivity contribution in [3.8, 4) is 11.1 Å². The molecule has 18 heavy (non-hydrogen) atoms. The number of hydrogen-bond donors (Lipinski definition) is 0. The van der Waals surface area contributed by atoms with Crippen LogP contribution in [0.5, 0.6) is 0 Å². The molecule has 0 bridgehead atoms. The van der Waals surface area contributed by atoms with Crippen molar-refractivity contribution in [2.24, 2.45) is 0 Å². The van der Waals surface area contributed by atoms with Crippen LogP contribution < -0.4 is 0 Å². The Morgan fingerprint density at radius 3 is 2.28 bits per heavy atom. The van der Waals surface area contributed by atoms with Crippen LogP contribution in [-0.2, 0) is 0 Å². The fourth-order valence-corrected chi connectivity index (χ4v) is 1.95. The third kappa shape index (κ3) is 2.25. The maximum atomic E-state index is 11.1. The lowest BCUT2D eigenvalue weighted by Crippen LogP contribution is -1.93. The lowest BCUT2D eigenvalue weighted by molar-refractivity contribution is -0.384. The van der Waals surface area contributed by atoms with Crippen molar-refractivity contribution in [3.05, 3.63) is 63.2 Å². The van der Waals surface area contributed by atoms with Crippen LogP contribution >= 0.6 is 0 Å². The Labute approximate surface area is 106 Å². The van der Waals surface area contributed by atoms with Crippen molar-refractivity contribution in [2.45, 2.75) is 20.8 Å². The molecular weight excluding hydrogens is 226 g/mol. The molecule has 3 nitrogen and oxygen atoms in total. The summed E-state index contributed by atoms with van der Waals surface area (Å²) < 4.78 is 0. The monoisotopic (exact) mass is 241 g/mol. The number of aryl methyl sites for hydroxylation is 3. The first-order valence-corrected chi connectivity index (χ1v) is 5.81.